The van der Waals surface area contributed by atoms with Gasteiger partial charge in [0.05, 0.1) is 12.6 Å². The van der Waals surface area contributed by atoms with Crippen LogP contribution in [0.25, 0.3) is 0 Å². The maximum absolute atomic E-state index is 11.7. The minimum absolute atomic E-state index is 0.0287. The molecule has 15 heavy (non-hydrogen) atoms. The molecular weight excluding hydrogens is 192 g/mol. The molecule has 1 fully saturated rings. The van der Waals surface area contributed by atoms with Crippen LogP contribution in [-0.4, -0.2) is 41.7 Å². The van der Waals surface area contributed by atoms with Crippen molar-refractivity contribution in [3.63, 3.8) is 0 Å². The third-order valence-corrected chi connectivity index (χ3v) is 3.46. The highest BCUT2D eigenvalue weighted by Crippen LogP contribution is 2.23. The minimum atomic E-state index is -0.0287. The summed E-state index contributed by atoms with van der Waals surface area (Å²) in [5.41, 5.74) is 5.57. The molecule has 1 amide bonds. The van der Waals surface area contributed by atoms with Crippen LogP contribution in [0, 0.1) is 11.8 Å². The molecule has 0 radical (unpaired) electrons. The lowest BCUT2D eigenvalue weighted by Gasteiger charge is -2.31. The fourth-order valence-electron chi connectivity index (χ4n) is 2.14. The van der Waals surface area contributed by atoms with Crippen LogP contribution >= 0.6 is 0 Å². The largest absolute Gasteiger partial charge is 0.394 e. The standard InChI is InChI=1S/C11H22N2O2/c1-3-8(2)10(7-14)13-6-9(5-12)4-11(13)15/h8-10,14H,3-7,12H2,1-2H3/t8-,9?,10+/m0/s1. The third-order valence-electron chi connectivity index (χ3n) is 3.46. The van der Waals surface area contributed by atoms with Gasteiger partial charge in [-0.3, -0.25) is 4.79 Å². The second kappa shape index (κ2) is 5.47. The van der Waals surface area contributed by atoms with Gasteiger partial charge in [-0.1, -0.05) is 20.3 Å². The first-order valence-corrected chi connectivity index (χ1v) is 5.74. The predicted octanol–water partition coefficient (Wildman–Crippen LogP) is 0.201. The van der Waals surface area contributed by atoms with Gasteiger partial charge in [0, 0.05) is 13.0 Å². The van der Waals surface area contributed by atoms with Crippen molar-refractivity contribution >= 4 is 5.91 Å². The van der Waals surface area contributed by atoms with Gasteiger partial charge in [0.25, 0.3) is 0 Å². The molecule has 0 aliphatic carbocycles. The van der Waals surface area contributed by atoms with E-state index in [-0.39, 0.29) is 24.5 Å². The van der Waals surface area contributed by atoms with E-state index in [9.17, 15) is 9.90 Å². The van der Waals surface area contributed by atoms with Crippen molar-refractivity contribution in [2.45, 2.75) is 32.7 Å². The summed E-state index contributed by atoms with van der Waals surface area (Å²) in [6.07, 6.45) is 1.52. The molecule has 0 aromatic heterocycles. The number of nitrogens with zero attached hydrogens (tertiary/aromatic N) is 1. The predicted molar refractivity (Wildman–Crippen MR) is 59.2 cm³/mol. The van der Waals surface area contributed by atoms with Crippen LogP contribution in [0.4, 0.5) is 0 Å². The van der Waals surface area contributed by atoms with E-state index in [1.165, 1.54) is 0 Å². The van der Waals surface area contributed by atoms with Gasteiger partial charge in [-0.05, 0) is 18.4 Å². The quantitative estimate of drug-likeness (QED) is 0.687. The van der Waals surface area contributed by atoms with Gasteiger partial charge in [-0.2, -0.15) is 0 Å². The number of aliphatic hydroxyl groups is 1. The molecule has 1 heterocycles. The number of carbonyl (C=O) groups is 1. The van der Waals surface area contributed by atoms with Crippen LogP contribution in [-0.2, 0) is 4.79 Å². The average molecular weight is 214 g/mol. The van der Waals surface area contributed by atoms with Crippen molar-refractivity contribution in [3.8, 4) is 0 Å². The highest BCUT2D eigenvalue weighted by Gasteiger charge is 2.35. The maximum atomic E-state index is 11.7. The Labute approximate surface area is 91.4 Å². The molecule has 1 aliphatic heterocycles. The van der Waals surface area contributed by atoms with Gasteiger partial charge < -0.3 is 15.7 Å². The highest BCUT2D eigenvalue weighted by atomic mass is 16.3. The molecule has 0 spiro atoms. The molecule has 0 saturated carbocycles. The van der Waals surface area contributed by atoms with Crippen molar-refractivity contribution in [1.82, 2.24) is 4.90 Å². The van der Waals surface area contributed by atoms with Crippen LogP contribution in [0.15, 0.2) is 0 Å². The molecular formula is C11H22N2O2. The smallest absolute Gasteiger partial charge is 0.223 e. The lowest BCUT2D eigenvalue weighted by atomic mass is 9.98. The van der Waals surface area contributed by atoms with Gasteiger partial charge in [0.1, 0.15) is 0 Å². The van der Waals surface area contributed by atoms with Crippen molar-refractivity contribution in [2.24, 2.45) is 17.6 Å². The summed E-state index contributed by atoms with van der Waals surface area (Å²) < 4.78 is 0. The molecule has 0 aromatic carbocycles. The van der Waals surface area contributed by atoms with E-state index in [0.29, 0.717) is 25.4 Å². The summed E-state index contributed by atoms with van der Waals surface area (Å²) in [5.74, 6) is 0.760. The van der Waals surface area contributed by atoms with Crippen molar-refractivity contribution < 1.29 is 9.90 Å². The van der Waals surface area contributed by atoms with E-state index >= 15 is 0 Å². The molecule has 88 valence electrons. The van der Waals surface area contributed by atoms with Gasteiger partial charge in [-0.25, -0.2) is 0 Å². The molecule has 3 atom stereocenters. The molecule has 0 aromatic rings. The van der Waals surface area contributed by atoms with E-state index in [2.05, 4.69) is 13.8 Å². The van der Waals surface area contributed by atoms with Crippen LogP contribution < -0.4 is 5.73 Å². The molecule has 0 bridgehead atoms. The van der Waals surface area contributed by atoms with Crippen LogP contribution in [0.3, 0.4) is 0 Å². The summed E-state index contributed by atoms with van der Waals surface area (Å²) in [6.45, 7) is 5.47. The lowest BCUT2D eigenvalue weighted by Crippen LogP contribution is -2.43. The molecule has 4 heteroatoms. The molecule has 3 N–H and O–H groups in total. The van der Waals surface area contributed by atoms with Gasteiger partial charge in [0.2, 0.25) is 5.91 Å². The molecule has 1 saturated heterocycles. The SMILES string of the molecule is CC[C@H](C)[C@@H](CO)N1CC(CN)CC1=O. The Morgan fingerprint density at radius 3 is 2.73 bits per heavy atom. The number of hydrogen-bond donors (Lipinski definition) is 2. The molecule has 1 aliphatic rings. The summed E-state index contributed by atoms with van der Waals surface area (Å²) in [4.78, 5) is 13.5. The average Bonchev–Trinajstić information content (AvgIpc) is 2.61. The van der Waals surface area contributed by atoms with E-state index in [0.717, 1.165) is 6.42 Å². The monoisotopic (exact) mass is 214 g/mol. The second-order valence-corrected chi connectivity index (χ2v) is 4.49. The number of aliphatic hydroxyl groups excluding tert-OH is 1. The zero-order valence-electron chi connectivity index (χ0n) is 9.65. The van der Waals surface area contributed by atoms with Crippen LogP contribution in [0.2, 0.25) is 0 Å². The number of carbonyl (C=O) groups excluding carboxylic acids is 1. The first-order chi connectivity index (χ1) is 7.13. The number of amides is 1. The first-order valence-electron chi connectivity index (χ1n) is 5.74. The second-order valence-electron chi connectivity index (χ2n) is 4.49. The Morgan fingerprint density at radius 2 is 2.33 bits per heavy atom. The lowest BCUT2D eigenvalue weighted by molar-refractivity contribution is -0.131. The number of nitrogens with two attached hydrogens (primary N) is 1. The normalized spacial score (nSPS) is 25.7. The van der Waals surface area contributed by atoms with Crippen LogP contribution in [0.5, 0.6) is 0 Å². The Kier molecular flexibility index (Phi) is 4.54. The first kappa shape index (κ1) is 12.5. The van der Waals surface area contributed by atoms with Crippen molar-refractivity contribution in [1.29, 1.82) is 0 Å². The Balaban J connectivity index is 2.65. The minimum Gasteiger partial charge on any atom is -0.394 e. The number of rotatable bonds is 5. The highest BCUT2D eigenvalue weighted by molar-refractivity contribution is 5.79. The molecule has 1 unspecified atom stereocenters. The molecule has 4 nitrogen and oxygen atoms in total. The van der Waals surface area contributed by atoms with E-state index in [4.69, 9.17) is 5.73 Å². The maximum Gasteiger partial charge on any atom is 0.223 e. The zero-order chi connectivity index (χ0) is 11.4. The fraction of sp³-hybridized carbons (Fsp3) is 0.909. The van der Waals surface area contributed by atoms with Crippen molar-refractivity contribution in [3.05, 3.63) is 0 Å². The van der Waals surface area contributed by atoms with E-state index < -0.39 is 0 Å². The van der Waals surface area contributed by atoms with Gasteiger partial charge >= 0.3 is 0 Å². The summed E-state index contributed by atoms with van der Waals surface area (Å²) in [6, 6.07) is -0.0287. The molecule has 1 rings (SSSR count). The summed E-state index contributed by atoms with van der Waals surface area (Å²) in [5, 5.41) is 9.34. The number of likely N-dealkylation sites (tertiary alicyclic amines) is 1. The fourth-order valence-corrected chi connectivity index (χ4v) is 2.14. The topological polar surface area (TPSA) is 66.6 Å². The Morgan fingerprint density at radius 1 is 1.67 bits per heavy atom. The van der Waals surface area contributed by atoms with Crippen molar-refractivity contribution in [2.75, 3.05) is 19.7 Å². The van der Waals surface area contributed by atoms with Gasteiger partial charge in [0.15, 0.2) is 0 Å². The Hall–Kier alpha value is -0.610. The van der Waals surface area contributed by atoms with Crippen LogP contribution in [0.1, 0.15) is 26.7 Å². The summed E-state index contributed by atoms with van der Waals surface area (Å²) >= 11 is 0. The van der Waals surface area contributed by atoms with Gasteiger partial charge in [-0.15, -0.1) is 0 Å². The zero-order valence-corrected chi connectivity index (χ0v) is 9.65. The van der Waals surface area contributed by atoms with E-state index in [1.54, 1.807) is 0 Å². The number of hydrogen-bond acceptors (Lipinski definition) is 3. The Bertz CT molecular complexity index is 221. The van der Waals surface area contributed by atoms with E-state index in [1.807, 2.05) is 4.90 Å². The third kappa shape index (κ3) is 2.69. The summed E-state index contributed by atoms with van der Waals surface area (Å²) in [7, 11) is 0.